The molecule has 0 atom stereocenters. The fraction of sp³-hybridized carbons (Fsp3) is 0.700. The van der Waals surface area contributed by atoms with Crippen molar-refractivity contribution in [3.05, 3.63) is 11.8 Å². The molecule has 0 aromatic rings. The second-order valence-corrected chi connectivity index (χ2v) is 4.89. The van der Waals surface area contributed by atoms with Crippen molar-refractivity contribution in [3.63, 3.8) is 0 Å². The van der Waals surface area contributed by atoms with Crippen LogP contribution in [-0.4, -0.2) is 31.1 Å². The van der Waals surface area contributed by atoms with E-state index in [0.717, 1.165) is 12.1 Å². The molecule has 82 valence electrons. The normalized spacial score (nSPS) is 27.5. The quantitative estimate of drug-likeness (QED) is 0.657. The van der Waals surface area contributed by atoms with E-state index in [1.165, 1.54) is 0 Å². The summed E-state index contributed by atoms with van der Waals surface area (Å²) in [5.74, 6) is 0. The van der Waals surface area contributed by atoms with Crippen LogP contribution in [0.5, 0.6) is 0 Å². The molecule has 0 radical (unpaired) electrons. The van der Waals surface area contributed by atoms with Gasteiger partial charge in [-0.15, -0.1) is 0 Å². The van der Waals surface area contributed by atoms with Crippen LogP contribution in [0.15, 0.2) is 16.8 Å². The van der Waals surface area contributed by atoms with Crippen LogP contribution in [-0.2, 0) is 9.31 Å². The molecule has 0 aromatic heterocycles. The third-order valence-corrected chi connectivity index (χ3v) is 3.22. The van der Waals surface area contributed by atoms with Crippen molar-refractivity contribution < 1.29 is 9.31 Å². The molecule has 2 rings (SSSR count). The fourth-order valence-electron chi connectivity index (χ4n) is 1.51. The highest BCUT2D eigenvalue weighted by Crippen LogP contribution is 2.38. The van der Waals surface area contributed by atoms with Crippen molar-refractivity contribution in [3.8, 4) is 0 Å². The average molecular weight is 208 g/mol. The van der Waals surface area contributed by atoms with E-state index in [9.17, 15) is 0 Å². The van der Waals surface area contributed by atoms with Gasteiger partial charge < -0.3 is 14.6 Å². The predicted octanol–water partition coefficient (Wildman–Crippen LogP) is 1.13. The Kier molecular flexibility index (Phi) is 2.39. The Morgan fingerprint density at radius 2 is 1.87 bits per heavy atom. The Bertz CT molecular complexity index is 307. The van der Waals surface area contributed by atoms with E-state index >= 15 is 0 Å². The summed E-state index contributed by atoms with van der Waals surface area (Å²) in [7, 11) is -0.326. The second-order valence-electron chi connectivity index (χ2n) is 4.89. The smallest absolute Gasteiger partial charge is 0.398 e. The van der Waals surface area contributed by atoms with Gasteiger partial charge in [0.2, 0.25) is 0 Å². The monoisotopic (exact) mass is 208 g/mol. The van der Waals surface area contributed by atoms with Crippen molar-refractivity contribution in [1.82, 2.24) is 5.32 Å². The summed E-state index contributed by atoms with van der Waals surface area (Å²) in [6.45, 7) is 8.90. The maximum atomic E-state index is 5.88. The zero-order valence-electron chi connectivity index (χ0n) is 9.70. The summed E-state index contributed by atoms with van der Waals surface area (Å²) in [6.07, 6.45) is 3.57. The summed E-state index contributed by atoms with van der Waals surface area (Å²) >= 11 is 0. The number of nitrogens with one attached hydrogen (secondary N) is 1. The fourth-order valence-corrected chi connectivity index (χ4v) is 1.51. The van der Waals surface area contributed by atoms with Gasteiger partial charge in [-0.05, 0) is 27.7 Å². The van der Waals surface area contributed by atoms with Crippen LogP contribution in [0.2, 0.25) is 0 Å². The molecule has 1 saturated heterocycles. The molecule has 4 nitrogen and oxygen atoms in total. The summed E-state index contributed by atoms with van der Waals surface area (Å²) in [5, 5.41) is 3.20. The Balaban J connectivity index is 2.15. The Morgan fingerprint density at radius 3 is 2.33 bits per heavy atom. The maximum absolute atomic E-state index is 5.88. The van der Waals surface area contributed by atoms with Gasteiger partial charge in [-0.2, -0.15) is 0 Å². The summed E-state index contributed by atoms with van der Waals surface area (Å²) in [5.41, 5.74) is 0.319. The molecule has 1 N–H and O–H groups in total. The molecule has 2 aliphatic rings. The van der Waals surface area contributed by atoms with E-state index in [0.29, 0.717) is 0 Å². The Morgan fingerprint density at radius 1 is 1.27 bits per heavy atom. The van der Waals surface area contributed by atoms with E-state index in [4.69, 9.17) is 9.31 Å². The van der Waals surface area contributed by atoms with Crippen LogP contribution in [0.3, 0.4) is 0 Å². The zero-order chi connectivity index (χ0) is 11.1. The standard InChI is InChI=1S/C10H17BN2O2/c1-9(2)10(3,4)15-11(14-9)8-7-12-5-6-13-8/h5,7,13H,6H2,1-4H3. The molecular weight excluding hydrogens is 191 g/mol. The van der Waals surface area contributed by atoms with Crippen LogP contribution < -0.4 is 5.32 Å². The summed E-state index contributed by atoms with van der Waals surface area (Å²) < 4.78 is 11.8. The SMILES string of the molecule is CC1(C)OB(C2=CN=CCN2)OC1(C)C. The largest absolute Gasteiger partial charge is 0.513 e. The van der Waals surface area contributed by atoms with E-state index in [1.807, 2.05) is 33.9 Å². The van der Waals surface area contributed by atoms with E-state index in [1.54, 1.807) is 6.20 Å². The zero-order valence-corrected chi connectivity index (χ0v) is 9.70. The number of rotatable bonds is 1. The van der Waals surface area contributed by atoms with E-state index in [2.05, 4.69) is 10.3 Å². The van der Waals surface area contributed by atoms with Crippen LogP contribution >= 0.6 is 0 Å². The van der Waals surface area contributed by atoms with Gasteiger partial charge in [-0.3, -0.25) is 4.99 Å². The molecule has 1 fully saturated rings. The lowest BCUT2D eigenvalue weighted by molar-refractivity contribution is 0.00578. The molecule has 0 aromatic carbocycles. The maximum Gasteiger partial charge on any atom is 0.513 e. The van der Waals surface area contributed by atoms with Gasteiger partial charge in [0.1, 0.15) is 0 Å². The molecule has 5 heteroatoms. The number of hydrogen-bond donors (Lipinski definition) is 1. The Hall–Kier alpha value is -0.805. The van der Waals surface area contributed by atoms with Crippen LogP contribution in [0, 0.1) is 0 Å². The van der Waals surface area contributed by atoms with Crippen molar-refractivity contribution in [1.29, 1.82) is 0 Å². The van der Waals surface area contributed by atoms with Crippen molar-refractivity contribution >= 4 is 13.3 Å². The van der Waals surface area contributed by atoms with E-state index < -0.39 is 0 Å². The highest BCUT2D eigenvalue weighted by atomic mass is 16.7. The van der Waals surface area contributed by atoms with Crippen molar-refractivity contribution in [2.45, 2.75) is 38.9 Å². The topological polar surface area (TPSA) is 42.8 Å². The van der Waals surface area contributed by atoms with Gasteiger partial charge in [0.15, 0.2) is 0 Å². The highest BCUT2D eigenvalue weighted by molar-refractivity contribution is 6.54. The minimum Gasteiger partial charge on any atom is -0.398 e. The molecule has 2 heterocycles. The van der Waals surface area contributed by atoms with Gasteiger partial charge >= 0.3 is 7.12 Å². The lowest BCUT2D eigenvalue weighted by Crippen LogP contribution is -2.41. The van der Waals surface area contributed by atoms with Crippen molar-refractivity contribution in [2.75, 3.05) is 6.54 Å². The van der Waals surface area contributed by atoms with Gasteiger partial charge in [0.25, 0.3) is 0 Å². The molecule has 0 aliphatic carbocycles. The third-order valence-electron chi connectivity index (χ3n) is 3.22. The molecule has 0 amide bonds. The molecule has 0 spiro atoms. The molecule has 0 saturated carbocycles. The third kappa shape index (κ3) is 1.81. The first-order valence-electron chi connectivity index (χ1n) is 5.24. The number of nitrogens with zero attached hydrogens (tertiary/aromatic N) is 1. The van der Waals surface area contributed by atoms with Crippen LogP contribution in [0.4, 0.5) is 0 Å². The van der Waals surface area contributed by atoms with E-state index in [-0.39, 0.29) is 18.3 Å². The van der Waals surface area contributed by atoms with Gasteiger partial charge in [-0.25, -0.2) is 0 Å². The van der Waals surface area contributed by atoms with Gasteiger partial charge in [0, 0.05) is 19.0 Å². The highest BCUT2D eigenvalue weighted by Gasteiger charge is 2.52. The van der Waals surface area contributed by atoms with Crippen LogP contribution in [0.25, 0.3) is 0 Å². The molecule has 15 heavy (non-hydrogen) atoms. The molecule has 2 aliphatic heterocycles. The second kappa shape index (κ2) is 3.35. The predicted molar refractivity (Wildman–Crippen MR) is 60.7 cm³/mol. The summed E-state index contributed by atoms with van der Waals surface area (Å²) in [4.78, 5) is 4.09. The first-order valence-corrected chi connectivity index (χ1v) is 5.24. The lowest BCUT2D eigenvalue weighted by atomic mass is 9.84. The van der Waals surface area contributed by atoms with Gasteiger partial charge in [-0.1, -0.05) is 0 Å². The minimum atomic E-state index is -0.326. The first-order chi connectivity index (χ1) is 6.92. The Labute approximate surface area is 90.9 Å². The molecular formula is C10H17BN2O2. The van der Waals surface area contributed by atoms with Gasteiger partial charge in [0.05, 0.1) is 16.8 Å². The lowest BCUT2D eigenvalue weighted by Gasteiger charge is -2.32. The first kappa shape index (κ1) is 10.7. The minimum absolute atomic E-state index is 0.290. The van der Waals surface area contributed by atoms with Crippen LogP contribution in [0.1, 0.15) is 27.7 Å². The molecule has 0 unspecified atom stereocenters. The molecule has 0 bridgehead atoms. The number of aliphatic imine (C=N–C) groups is 1. The summed E-state index contributed by atoms with van der Waals surface area (Å²) in [6, 6.07) is 0. The number of hydrogen-bond acceptors (Lipinski definition) is 4. The van der Waals surface area contributed by atoms with Crippen molar-refractivity contribution in [2.24, 2.45) is 4.99 Å². The average Bonchev–Trinajstić information content (AvgIpc) is 2.38.